The third kappa shape index (κ3) is 3.68. The van der Waals surface area contributed by atoms with E-state index >= 15 is 0 Å². The van der Waals surface area contributed by atoms with E-state index in [9.17, 15) is 4.79 Å². The molecule has 132 valence electrons. The second kappa shape index (κ2) is 7.23. The van der Waals surface area contributed by atoms with Crippen molar-refractivity contribution in [2.75, 3.05) is 6.54 Å². The average molecular weight is 386 g/mol. The molecule has 3 aromatic rings. The Balaban J connectivity index is 1.61. The van der Waals surface area contributed by atoms with Gasteiger partial charge in [0.1, 0.15) is 5.82 Å². The van der Waals surface area contributed by atoms with Crippen LogP contribution in [-0.2, 0) is 19.5 Å². The summed E-state index contributed by atoms with van der Waals surface area (Å²) in [6.07, 6.45) is 0.682. The highest BCUT2D eigenvalue weighted by Gasteiger charge is 2.21. The highest BCUT2D eigenvalue weighted by molar-refractivity contribution is 6.34. The zero-order valence-corrected chi connectivity index (χ0v) is 15.5. The number of rotatable bonds is 3. The number of aromatic amines is 1. The zero-order valence-electron chi connectivity index (χ0n) is 14.0. The first kappa shape index (κ1) is 17.3. The summed E-state index contributed by atoms with van der Waals surface area (Å²) in [5.74, 6) is 0.613. The lowest BCUT2D eigenvalue weighted by Crippen LogP contribution is -2.35. The summed E-state index contributed by atoms with van der Waals surface area (Å²) in [7, 11) is 0. The van der Waals surface area contributed by atoms with Gasteiger partial charge in [0.05, 0.1) is 5.69 Å². The van der Waals surface area contributed by atoms with Crippen LogP contribution < -0.4 is 5.56 Å². The Morgan fingerprint density at radius 3 is 2.54 bits per heavy atom. The normalized spacial score (nSPS) is 14.2. The van der Waals surface area contributed by atoms with Gasteiger partial charge >= 0.3 is 0 Å². The number of benzene rings is 2. The molecule has 0 atom stereocenters. The van der Waals surface area contributed by atoms with Crippen LogP contribution in [-0.4, -0.2) is 21.4 Å². The van der Waals surface area contributed by atoms with E-state index in [1.807, 2.05) is 42.5 Å². The molecule has 1 aliphatic heterocycles. The number of hydrogen-bond acceptors (Lipinski definition) is 3. The largest absolute Gasteiger partial charge is 0.306 e. The minimum atomic E-state index is -0.0423. The van der Waals surface area contributed by atoms with E-state index < -0.39 is 0 Å². The van der Waals surface area contributed by atoms with Crippen molar-refractivity contribution in [3.8, 4) is 11.4 Å². The van der Waals surface area contributed by atoms with Gasteiger partial charge in [-0.25, -0.2) is 4.98 Å². The third-order valence-corrected chi connectivity index (χ3v) is 4.96. The fourth-order valence-corrected chi connectivity index (χ4v) is 3.89. The van der Waals surface area contributed by atoms with Crippen LogP contribution in [0.1, 0.15) is 16.8 Å². The fourth-order valence-electron chi connectivity index (χ4n) is 3.32. The molecule has 0 saturated carbocycles. The van der Waals surface area contributed by atoms with Crippen molar-refractivity contribution in [3.05, 3.63) is 85.8 Å². The molecule has 6 heteroatoms. The molecule has 0 bridgehead atoms. The van der Waals surface area contributed by atoms with E-state index in [4.69, 9.17) is 28.2 Å². The number of halogens is 2. The van der Waals surface area contributed by atoms with Crippen LogP contribution in [0.2, 0.25) is 10.0 Å². The molecule has 2 heterocycles. The molecule has 26 heavy (non-hydrogen) atoms. The van der Waals surface area contributed by atoms with Crippen LogP contribution in [0.25, 0.3) is 11.4 Å². The highest BCUT2D eigenvalue weighted by atomic mass is 35.5. The van der Waals surface area contributed by atoms with Crippen molar-refractivity contribution >= 4 is 23.2 Å². The molecule has 1 N–H and O–H groups in total. The molecule has 1 aromatic heterocycles. The molecule has 1 aliphatic rings. The Morgan fingerprint density at radius 2 is 1.81 bits per heavy atom. The van der Waals surface area contributed by atoms with Gasteiger partial charge in [-0.3, -0.25) is 9.69 Å². The van der Waals surface area contributed by atoms with Gasteiger partial charge in [0.2, 0.25) is 0 Å². The van der Waals surface area contributed by atoms with E-state index in [0.717, 1.165) is 35.5 Å². The molecule has 0 spiro atoms. The SMILES string of the molecule is O=c1[nH]c(-c2ccccc2)nc2c1CCN(Cc1cc(Cl)cc(Cl)c1)C2. The number of H-pyrrole nitrogens is 1. The van der Waals surface area contributed by atoms with Crippen LogP contribution in [0.5, 0.6) is 0 Å². The number of nitrogens with zero attached hydrogens (tertiary/aromatic N) is 2. The van der Waals surface area contributed by atoms with Crippen LogP contribution in [0.4, 0.5) is 0 Å². The minimum Gasteiger partial charge on any atom is -0.306 e. The summed E-state index contributed by atoms with van der Waals surface area (Å²) < 4.78 is 0. The molecule has 0 radical (unpaired) electrons. The minimum absolute atomic E-state index is 0.0423. The van der Waals surface area contributed by atoms with Gasteiger partial charge in [0, 0.05) is 40.8 Å². The number of aromatic nitrogens is 2. The first-order valence-electron chi connectivity index (χ1n) is 8.43. The predicted molar refractivity (Wildman–Crippen MR) is 105 cm³/mol. The van der Waals surface area contributed by atoms with Crippen molar-refractivity contribution in [2.24, 2.45) is 0 Å². The lowest BCUT2D eigenvalue weighted by atomic mass is 10.0. The van der Waals surface area contributed by atoms with Gasteiger partial charge in [-0.2, -0.15) is 0 Å². The summed E-state index contributed by atoms with van der Waals surface area (Å²) in [4.78, 5) is 22.4. The lowest BCUT2D eigenvalue weighted by Gasteiger charge is -2.27. The van der Waals surface area contributed by atoms with Gasteiger partial charge in [-0.05, 0) is 30.2 Å². The molecule has 0 aliphatic carbocycles. The van der Waals surface area contributed by atoms with Crippen LogP contribution in [0.15, 0.2) is 53.3 Å². The summed E-state index contributed by atoms with van der Waals surface area (Å²) in [6.45, 7) is 2.14. The molecule has 0 unspecified atom stereocenters. The van der Waals surface area contributed by atoms with Gasteiger partial charge in [-0.15, -0.1) is 0 Å². The zero-order chi connectivity index (χ0) is 18.1. The first-order valence-corrected chi connectivity index (χ1v) is 9.19. The van der Waals surface area contributed by atoms with E-state index in [2.05, 4.69) is 9.88 Å². The Kier molecular flexibility index (Phi) is 4.81. The number of fused-ring (bicyclic) bond motifs is 1. The van der Waals surface area contributed by atoms with E-state index in [-0.39, 0.29) is 5.56 Å². The van der Waals surface area contributed by atoms with Crippen LogP contribution in [0, 0.1) is 0 Å². The molecule has 0 fully saturated rings. The molecule has 0 amide bonds. The van der Waals surface area contributed by atoms with Crippen molar-refractivity contribution in [1.82, 2.24) is 14.9 Å². The van der Waals surface area contributed by atoms with E-state index in [1.165, 1.54) is 0 Å². The maximum atomic E-state index is 12.5. The van der Waals surface area contributed by atoms with Crippen LogP contribution in [0.3, 0.4) is 0 Å². The lowest BCUT2D eigenvalue weighted by molar-refractivity contribution is 0.240. The highest BCUT2D eigenvalue weighted by Crippen LogP contribution is 2.23. The van der Waals surface area contributed by atoms with Gasteiger partial charge in [0.25, 0.3) is 5.56 Å². The Bertz CT molecular complexity index is 981. The van der Waals surface area contributed by atoms with Gasteiger partial charge in [0.15, 0.2) is 0 Å². The summed E-state index contributed by atoms with van der Waals surface area (Å²) in [5, 5.41) is 1.26. The molecular weight excluding hydrogens is 369 g/mol. The fraction of sp³-hybridized carbons (Fsp3) is 0.200. The smallest absolute Gasteiger partial charge is 0.254 e. The second-order valence-corrected chi connectivity index (χ2v) is 7.32. The summed E-state index contributed by atoms with van der Waals surface area (Å²) in [5.41, 5.74) is 3.54. The topological polar surface area (TPSA) is 49.0 Å². The van der Waals surface area contributed by atoms with Crippen molar-refractivity contribution in [2.45, 2.75) is 19.5 Å². The van der Waals surface area contributed by atoms with Crippen molar-refractivity contribution in [3.63, 3.8) is 0 Å². The van der Waals surface area contributed by atoms with E-state index in [0.29, 0.717) is 28.8 Å². The summed E-state index contributed by atoms with van der Waals surface area (Å²) >= 11 is 12.2. The van der Waals surface area contributed by atoms with Crippen molar-refractivity contribution in [1.29, 1.82) is 0 Å². The Morgan fingerprint density at radius 1 is 1.08 bits per heavy atom. The first-order chi connectivity index (χ1) is 12.6. The molecular formula is C20H17Cl2N3O. The second-order valence-electron chi connectivity index (χ2n) is 6.44. The maximum absolute atomic E-state index is 12.5. The van der Waals surface area contributed by atoms with Gasteiger partial charge < -0.3 is 4.98 Å². The average Bonchev–Trinajstić information content (AvgIpc) is 2.61. The molecule has 2 aromatic carbocycles. The standard InChI is InChI=1S/C20H17Cl2N3O/c21-15-8-13(9-16(22)10-15)11-25-7-6-17-18(12-25)23-19(24-20(17)26)14-4-2-1-3-5-14/h1-5,8-10H,6-7,11-12H2,(H,23,24,26). The van der Waals surface area contributed by atoms with Crippen molar-refractivity contribution < 1.29 is 0 Å². The molecule has 4 rings (SSSR count). The molecule has 0 saturated heterocycles. The Hall–Kier alpha value is -2.14. The van der Waals surface area contributed by atoms with E-state index in [1.54, 1.807) is 6.07 Å². The number of nitrogens with one attached hydrogen (secondary N) is 1. The van der Waals surface area contributed by atoms with Gasteiger partial charge in [-0.1, -0.05) is 53.5 Å². The molecule has 4 nitrogen and oxygen atoms in total. The maximum Gasteiger partial charge on any atom is 0.254 e. The quantitative estimate of drug-likeness (QED) is 0.730. The van der Waals surface area contributed by atoms with Crippen LogP contribution >= 0.6 is 23.2 Å². The summed E-state index contributed by atoms with van der Waals surface area (Å²) in [6, 6.07) is 15.3. The monoisotopic (exact) mass is 385 g/mol. The third-order valence-electron chi connectivity index (χ3n) is 4.53. The predicted octanol–water partition coefficient (Wildman–Crippen LogP) is 4.30. The Labute approximate surface area is 161 Å². The number of hydrogen-bond donors (Lipinski definition) is 1.